The molecule has 0 nitrogen and oxygen atoms in total. The van der Waals surface area contributed by atoms with Gasteiger partial charge >= 0.3 is 0 Å². The first-order chi connectivity index (χ1) is 22.0. The summed E-state index contributed by atoms with van der Waals surface area (Å²) in [7, 11) is 0.727. The Morgan fingerprint density at radius 2 is 1.11 bits per heavy atom. The van der Waals surface area contributed by atoms with Gasteiger partial charge in [-0.25, -0.2) is 0 Å². The molecule has 6 rings (SSSR count). The molecular formula is C45H52Si. The van der Waals surface area contributed by atoms with E-state index in [9.17, 15) is 0 Å². The van der Waals surface area contributed by atoms with Gasteiger partial charge in [0.2, 0.25) is 0 Å². The fourth-order valence-corrected chi connectivity index (χ4v) is 8.89. The highest BCUT2D eigenvalue weighted by Gasteiger charge is 2.29. The van der Waals surface area contributed by atoms with Crippen LogP contribution < -0.4 is 0 Å². The number of hydrogen-bond acceptors (Lipinski definition) is 0. The first kappa shape index (κ1) is 32.5. The summed E-state index contributed by atoms with van der Waals surface area (Å²) in [5, 5.41) is 3.20. The van der Waals surface area contributed by atoms with E-state index in [1.807, 2.05) is 0 Å². The molecule has 0 amide bonds. The van der Waals surface area contributed by atoms with E-state index in [1.54, 1.807) is 10.4 Å². The van der Waals surface area contributed by atoms with Crippen molar-refractivity contribution in [1.29, 1.82) is 0 Å². The Balaban J connectivity index is 1.38. The number of hydrogen-bond donors (Lipinski definition) is 0. The van der Waals surface area contributed by atoms with E-state index in [-0.39, 0.29) is 0 Å². The number of rotatable bonds is 10. The number of fused-ring (bicyclic) bond motifs is 2. The van der Waals surface area contributed by atoms with Gasteiger partial charge in [-0.1, -0.05) is 164 Å². The van der Waals surface area contributed by atoms with Gasteiger partial charge in [0.1, 0.15) is 9.52 Å². The zero-order valence-electron chi connectivity index (χ0n) is 29.6. The van der Waals surface area contributed by atoms with Gasteiger partial charge < -0.3 is 0 Å². The minimum absolute atomic E-state index is 0.511. The average molecular weight is 621 g/mol. The fourth-order valence-electron chi connectivity index (χ4n) is 7.33. The third-order valence-electron chi connectivity index (χ3n) is 10.2. The Bertz CT molecular complexity index is 1760. The highest BCUT2D eigenvalue weighted by Crippen LogP contribution is 2.45. The van der Waals surface area contributed by atoms with Gasteiger partial charge in [-0.05, 0) is 103 Å². The van der Waals surface area contributed by atoms with Crippen molar-refractivity contribution < 1.29 is 0 Å². The first-order valence-electron chi connectivity index (χ1n) is 17.8. The molecule has 0 aliphatic heterocycles. The van der Waals surface area contributed by atoms with Gasteiger partial charge in [-0.15, -0.1) is 0 Å². The molecule has 4 aromatic rings. The van der Waals surface area contributed by atoms with Crippen molar-refractivity contribution in [3.05, 3.63) is 128 Å². The molecule has 0 saturated carbocycles. The van der Waals surface area contributed by atoms with Gasteiger partial charge in [0.15, 0.2) is 0 Å². The molecule has 0 N–H and O–H groups in total. The maximum Gasteiger partial charge on any atom is 0.111 e. The maximum absolute atomic E-state index is 2.59. The van der Waals surface area contributed by atoms with Crippen molar-refractivity contribution in [3.8, 4) is 22.3 Å². The molecule has 0 bridgehead atoms. The van der Waals surface area contributed by atoms with Crippen LogP contribution in [0.1, 0.15) is 149 Å². The minimum Gasteiger partial charge on any atom is -0.0748 e. The highest BCUT2D eigenvalue weighted by atomic mass is 28.2. The van der Waals surface area contributed by atoms with Crippen molar-refractivity contribution in [2.24, 2.45) is 0 Å². The van der Waals surface area contributed by atoms with Gasteiger partial charge in [-0.3, -0.25) is 0 Å². The normalized spacial score (nSPS) is 15.6. The van der Waals surface area contributed by atoms with Gasteiger partial charge in [-0.2, -0.15) is 0 Å². The largest absolute Gasteiger partial charge is 0.111 e. The van der Waals surface area contributed by atoms with Crippen LogP contribution in [0.15, 0.2) is 83.2 Å². The summed E-state index contributed by atoms with van der Waals surface area (Å²) in [4.78, 5) is 0. The molecule has 2 aliphatic rings. The Morgan fingerprint density at radius 3 is 1.61 bits per heavy atom. The van der Waals surface area contributed by atoms with E-state index in [4.69, 9.17) is 0 Å². The van der Waals surface area contributed by atoms with Gasteiger partial charge in [0, 0.05) is 5.92 Å². The van der Waals surface area contributed by atoms with Crippen LogP contribution in [0.4, 0.5) is 0 Å². The number of benzene rings is 4. The monoisotopic (exact) mass is 620 g/mol. The predicted molar refractivity (Wildman–Crippen MR) is 203 cm³/mol. The fraction of sp³-hybridized carbons (Fsp3) is 0.378. The highest BCUT2D eigenvalue weighted by molar-refractivity contribution is 6.57. The maximum atomic E-state index is 2.59. The Labute approximate surface area is 281 Å². The molecule has 2 aliphatic carbocycles. The molecule has 4 aromatic carbocycles. The van der Waals surface area contributed by atoms with Crippen molar-refractivity contribution in [2.75, 3.05) is 0 Å². The Hall–Kier alpha value is -3.42. The van der Waals surface area contributed by atoms with Gasteiger partial charge in [0.05, 0.1) is 0 Å². The molecule has 236 valence electrons. The van der Waals surface area contributed by atoms with Crippen molar-refractivity contribution in [3.63, 3.8) is 0 Å². The van der Waals surface area contributed by atoms with E-state index >= 15 is 0 Å². The molecule has 0 fully saturated rings. The average Bonchev–Trinajstić information content (AvgIpc) is 3.61. The Morgan fingerprint density at radius 1 is 0.609 bits per heavy atom. The lowest BCUT2D eigenvalue weighted by Crippen LogP contribution is -2.08. The van der Waals surface area contributed by atoms with Crippen LogP contribution in [0.2, 0.25) is 0 Å². The van der Waals surface area contributed by atoms with Gasteiger partial charge in [0.25, 0.3) is 0 Å². The van der Waals surface area contributed by atoms with Crippen LogP contribution in [0.25, 0.3) is 34.4 Å². The lowest BCUT2D eigenvalue weighted by Gasteiger charge is -2.18. The summed E-state index contributed by atoms with van der Waals surface area (Å²) in [5.41, 5.74) is 17.2. The molecular weight excluding hydrogens is 569 g/mol. The first-order valence-corrected chi connectivity index (χ1v) is 18.8. The van der Waals surface area contributed by atoms with E-state index in [0.717, 1.165) is 15.9 Å². The molecule has 0 heterocycles. The van der Waals surface area contributed by atoms with E-state index in [1.165, 1.54) is 79.6 Å². The molecule has 0 aromatic heterocycles. The van der Waals surface area contributed by atoms with Crippen LogP contribution in [-0.4, -0.2) is 9.52 Å². The molecule has 1 unspecified atom stereocenters. The van der Waals surface area contributed by atoms with Crippen molar-refractivity contribution in [1.82, 2.24) is 0 Å². The van der Waals surface area contributed by atoms with Crippen molar-refractivity contribution in [2.45, 2.75) is 111 Å². The van der Waals surface area contributed by atoms with Crippen LogP contribution in [0, 0.1) is 0 Å². The van der Waals surface area contributed by atoms with Crippen LogP contribution in [0.3, 0.4) is 0 Å². The summed E-state index contributed by atoms with van der Waals surface area (Å²) in [6.45, 7) is 20.9. The zero-order chi connectivity index (χ0) is 32.7. The lowest BCUT2D eigenvalue weighted by molar-refractivity contribution is 0.716. The smallest absolute Gasteiger partial charge is 0.0748 e. The third-order valence-corrected chi connectivity index (χ3v) is 11.6. The molecule has 0 saturated heterocycles. The van der Waals surface area contributed by atoms with Crippen LogP contribution >= 0.6 is 0 Å². The summed E-state index contributed by atoms with van der Waals surface area (Å²) in [5.74, 6) is 2.57. The van der Waals surface area contributed by atoms with Crippen LogP contribution in [0.5, 0.6) is 0 Å². The van der Waals surface area contributed by atoms with Crippen LogP contribution in [-0.2, 0) is 6.42 Å². The SMILES string of the molecule is CCCC1C([Si]C2=Cc3c(cccc3-c3cc(C(C)C)cc(C(C)C)c3)C2)=Cc2c(-c3cc(C(C)C)cc(C(C)C)c3)cccc21. The molecule has 1 heteroatoms. The summed E-state index contributed by atoms with van der Waals surface area (Å²) >= 11 is 0. The number of allylic oxidation sites excluding steroid dienone is 2. The predicted octanol–water partition coefficient (Wildman–Crippen LogP) is 13.1. The third kappa shape index (κ3) is 6.41. The second-order valence-corrected chi connectivity index (χ2v) is 16.5. The van der Waals surface area contributed by atoms with E-state index in [0.29, 0.717) is 29.6 Å². The van der Waals surface area contributed by atoms with E-state index in [2.05, 4.69) is 147 Å². The van der Waals surface area contributed by atoms with E-state index < -0.39 is 0 Å². The molecule has 46 heavy (non-hydrogen) atoms. The molecule has 1 atom stereocenters. The summed E-state index contributed by atoms with van der Waals surface area (Å²) in [6.07, 6.45) is 8.62. The topological polar surface area (TPSA) is 0 Å². The second kappa shape index (κ2) is 13.4. The minimum atomic E-state index is 0.511. The lowest BCUT2D eigenvalue weighted by atomic mass is 9.87. The molecule has 0 spiro atoms. The standard InChI is InChI=1S/C45H52Si/c1-10-13-42-41-17-12-16-40(37-22-34(29(6)7)19-35(23-37)30(8)9)44(41)26-45(42)46-38-24-31-14-11-15-39(43(31)25-38)36-20-32(27(2)3)18-33(21-36)28(4)5/h11-12,14-23,25-30,42H,10,13,24H2,1-9H3. The van der Waals surface area contributed by atoms with Crippen molar-refractivity contribution >= 4 is 21.7 Å². The quantitative estimate of drug-likeness (QED) is 0.155. The summed E-state index contributed by atoms with van der Waals surface area (Å²) < 4.78 is 0. The Kier molecular flexibility index (Phi) is 9.44. The zero-order valence-corrected chi connectivity index (χ0v) is 30.6. The molecule has 2 radical (unpaired) electrons. The summed E-state index contributed by atoms with van der Waals surface area (Å²) in [6, 6.07) is 28.7. The second-order valence-electron chi connectivity index (χ2n) is 15.0.